The number of alkyl halides is 2. The van der Waals surface area contributed by atoms with Crippen molar-refractivity contribution in [3.05, 3.63) is 23.8 Å². The Hall–Kier alpha value is -0.620. The average Bonchev–Trinajstić information content (AvgIpc) is 2.86. The van der Waals surface area contributed by atoms with Crippen molar-refractivity contribution in [3.8, 4) is 0 Å². The first-order valence-corrected chi connectivity index (χ1v) is 10.9. The molecule has 0 aromatic heterocycles. The first-order valence-electron chi connectivity index (χ1n) is 9.97. The predicted molar refractivity (Wildman–Crippen MR) is 111 cm³/mol. The minimum atomic E-state index is -1.99. The van der Waals surface area contributed by atoms with Crippen molar-refractivity contribution < 1.29 is 28.0 Å². The molecule has 3 fully saturated rings. The number of fused-ring (bicyclic) bond motifs is 5. The second kappa shape index (κ2) is 6.44. The number of thiol groups is 1. The fraction of sp³-hybridized carbons (Fsp3) is 0.714. The molecule has 0 saturated heterocycles. The molecule has 160 valence electrons. The molecule has 1 N–H and O–H groups in total. The Morgan fingerprint density at radius 2 is 2.00 bits per heavy atom. The Kier molecular flexibility index (Phi) is 4.80. The van der Waals surface area contributed by atoms with Crippen molar-refractivity contribution in [1.29, 1.82) is 0 Å². The van der Waals surface area contributed by atoms with E-state index in [9.17, 15) is 14.7 Å². The maximum atomic E-state index is 17.2. The second-order valence-electron chi connectivity index (χ2n) is 9.68. The maximum Gasteiger partial charge on any atom is 0.218 e. The molecule has 3 unspecified atom stereocenters. The molecular weight excluding hydrogens is 417 g/mol. The Balaban J connectivity index is 1.91. The minimum absolute atomic E-state index is 0.0862. The summed E-state index contributed by atoms with van der Waals surface area (Å²) in [7, 11) is 2.09. The number of carbonyl (C=O) groups excluding carboxylic acids is 2. The van der Waals surface area contributed by atoms with E-state index >= 15 is 8.78 Å². The Labute approximate surface area is 177 Å². The summed E-state index contributed by atoms with van der Waals surface area (Å²) < 4.78 is 38.1. The molecule has 0 aliphatic heterocycles. The lowest BCUT2D eigenvalue weighted by molar-refractivity contribution is -0.212. The largest absolute Gasteiger partial charge is 0.380 e. The maximum absolute atomic E-state index is 17.2. The average molecular weight is 444 g/mol. The highest BCUT2D eigenvalue weighted by Crippen LogP contribution is 2.71. The van der Waals surface area contributed by atoms with Crippen LogP contribution in [0.5, 0.6) is 0 Å². The number of rotatable bonds is 2. The number of allylic oxidation sites excluding steroid dienone is 4. The van der Waals surface area contributed by atoms with E-state index in [0.29, 0.717) is 6.42 Å². The smallest absolute Gasteiger partial charge is 0.218 e. The van der Waals surface area contributed by atoms with Gasteiger partial charge in [-0.3, -0.25) is 9.59 Å². The van der Waals surface area contributed by atoms with Crippen LogP contribution in [-0.2, 0) is 14.1 Å². The Morgan fingerprint density at radius 1 is 1.34 bits per heavy atom. The predicted octanol–water partition coefficient (Wildman–Crippen LogP) is 3.55. The molecule has 0 amide bonds. The standard InChI is InChI=1S/C21H27F2O4PS/c1-10-6-12-13-8-15(22)14-7-11(24)4-5-18(14,2)20(13,23)16(27-28)9-19(12,3)21(10,26)17(25)29/h4-5,7,10,12-13,15-16,26H,6,8-9,28H2,1-3H3,(H,25,29)/t10-,12?,13?,15+,16+,18+,19+,20+,21+/m1/s1. The van der Waals surface area contributed by atoms with E-state index in [4.69, 9.17) is 4.52 Å². The van der Waals surface area contributed by atoms with E-state index < -0.39 is 57.2 Å². The SMILES string of the molecule is C[C@@H]1CC2C3C[C@H](F)C4=CC(=O)C=C[C@]4(C)[C@@]3(F)[C@@H](OP)C[C@]2(C)[C@@]1(O)C(=O)S. The van der Waals surface area contributed by atoms with Crippen LogP contribution in [0.3, 0.4) is 0 Å². The Morgan fingerprint density at radius 3 is 2.59 bits per heavy atom. The van der Waals surface area contributed by atoms with Crippen LogP contribution >= 0.6 is 22.1 Å². The first kappa shape index (κ1) is 21.6. The zero-order valence-electron chi connectivity index (χ0n) is 16.7. The third-order valence-electron chi connectivity index (χ3n) is 8.68. The van der Waals surface area contributed by atoms with E-state index in [1.54, 1.807) is 20.8 Å². The molecule has 4 rings (SSSR count). The second-order valence-corrected chi connectivity index (χ2v) is 10.4. The lowest BCUT2D eigenvalue weighted by Crippen LogP contribution is -2.70. The molecule has 0 bridgehead atoms. The van der Waals surface area contributed by atoms with Gasteiger partial charge in [0.25, 0.3) is 0 Å². The first-order chi connectivity index (χ1) is 13.4. The van der Waals surface area contributed by atoms with Gasteiger partial charge in [-0.05, 0) is 55.7 Å². The molecule has 29 heavy (non-hydrogen) atoms. The van der Waals surface area contributed by atoms with Crippen LogP contribution in [-0.4, -0.2) is 39.6 Å². The molecule has 4 nitrogen and oxygen atoms in total. The summed E-state index contributed by atoms with van der Waals surface area (Å²) in [5, 5.41) is 10.8. The van der Waals surface area contributed by atoms with Gasteiger partial charge in [-0.15, -0.1) is 12.6 Å². The molecule has 0 spiro atoms. The van der Waals surface area contributed by atoms with Crippen molar-refractivity contribution in [1.82, 2.24) is 0 Å². The fourth-order valence-electron chi connectivity index (χ4n) is 7.11. The molecule has 8 heteroatoms. The molecule has 0 radical (unpaired) electrons. The molecule has 10 atom stereocenters. The highest BCUT2D eigenvalue weighted by atomic mass is 32.1. The van der Waals surface area contributed by atoms with Crippen LogP contribution in [0, 0.1) is 28.6 Å². The summed E-state index contributed by atoms with van der Waals surface area (Å²) >= 11 is 3.97. The Bertz CT molecular complexity index is 849. The molecule has 4 aliphatic carbocycles. The molecule has 3 saturated carbocycles. The zero-order chi connectivity index (χ0) is 21.6. The summed E-state index contributed by atoms with van der Waals surface area (Å²) in [6.07, 6.45) is 1.84. The molecular formula is C21H27F2O4PS. The summed E-state index contributed by atoms with van der Waals surface area (Å²) in [6.45, 7) is 5.15. The minimum Gasteiger partial charge on any atom is -0.380 e. The van der Waals surface area contributed by atoms with Gasteiger partial charge in [-0.25, -0.2) is 8.78 Å². The number of aliphatic hydroxyl groups is 1. The van der Waals surface area contributed by atoms with Gasteiger partial charge in [0.15, 0.2) is 11.5 Å². The number of ketones is 1. The van der Waals surface area contributed by atoms with Gasteiger partial charge in [-0.2, -0.15) is 0 Å². The lowest BCUT2D eigenvalue weighted by atomic mass is 9.44. The van der Waals surface area contributed by atoms with Crippen LogP contribution in [0.4, 0.5) is 8.78 Å². The molecule has 0 aromatic carbocycles. The fourth-order valence-corrected chi connectivity index (χ4v) is 7.88. The van der Waals surface area contributed by atoms with Gasteiger partial charge in [-0.1, -0.05) is 19.9 Å². The van der Waals surface area contributed by atoms with Crippen molar-refractivity contribution in [2.45, 2.75) is 63.6 Å². The van der Waals surface area contributed by atoms with Crippen LogP contribution < -0.4 is 0 Å². The number of hydrogen-bond donors (Lipinski definition) is 2. The van der Waals surface area contributed by atoms with Gasteiger partial charge in [0, 0.05) is 26.2 Å². The summed E-state index contributed by atoms with van der Waals surface area (Å²) in [6, 6.07) is 0. The van der Waals surface area contributed by atoms with Crippen molar-refractivity contribution in [2.24, 2.45) is 28.6 Å². The van der Waals surface area contributed by atoms with E-state index in [1.807, 2.05) is 0 Å². The highest BCUT2D eigenvalue weighted by Gasteiger charge is 2.76. The van der Waals surface area contributed by atoms with Crippen LogP contribution in [0.1, 0.15) is 40.0 Å². The highest BCUT2D eigenvalue weighted by molar-refractivity contribution is 7.96. The zero-order valence-corrected chi connectivity index (χ0v) is 18.7. The number of halogens is 2. The third-order valence-corrected chi connectivity index (χ3v) is 9.35. The van der Waals surface area contributed by atoms with Crippen molar-refractivity contribution in [2.75, 3.05) is 0 Å². The van der Waals surface area contributed by atoms with Gasteiger partial charge in [0.05, 0.1) is 6.10 Å². The normalized spacial score (nSPS) is 53.7. The number of carbonyl (C=O) groups is 2. The van der Waals surface area contributed by atoms with Crippen LogP contribution in [0.15, 0.2) is 23.8 Å². The summed E-state index contributed by atoms with van der Waals surface area (Å²) in [5.74, 6) is -2.01. The molecule has 0 heterocycles. The topological polar surface area (TPSA) is 63.6 Å². The monoisotopic (exact) mass is 444 g/mol. The third kappa shape index (κ3) is 2.36. The van der Waals surface area contributed by atoms with Gasteiger partial charge in [0.2, 0.25) is 5.12 Å². The lowest BCUT2D eigenvalue weighted by Gasteiger charge is -2.63. The number of hydrogen-bond acceptors (Lipinski definition) is 4. The van der Waals surface area contributed by atoms with Crippen LogP contribution in [0.2, 0.25) is 0 Å². The van der Waals surface area contributed by atoms with E-state index in [-0.39, 0.29) is 24.2 Å². The molecule has 4 aliphatic rings. The van der Waals surface area contributed by atoms with Crippen molar-refractivity contribution >= 4 is 33.0 Å². The molecule has 0 aromatic rings. The van der Waals surface area contributed by atoms with E-state index in [1.165, 1.54) is 18.2 Å². The van der Waals surface area contributed by atoms with Gasteiger partial charge < -0.3 is 9.63 Å². The van der Waals surface area contributed by atoms with Gasteiger partial charge >= 0.3 is 0 Å². The summed E-state index contributed by atoms with van der Waals surface area (Å²) in [4.78, 5) is 24.3. The van der Waals surface area contributed by atoms with Gasteiger partial charge in [0.1, 0.15) is 11.8 Å². The van der Waals surface area contributed by atoms with E-state index in [0.717, 1.165) is 0 Å². The van der Waals surface area contributed by atoms with E-state index in [2.05, 4.69) is 22.1 Å². The van der Waals surface area contributed by atoms with Crippen molar-refractivity contribution in [3.63, 3.8) is 0 Å². The van der Waals surface area contributed by atoms with Crippen LogP contribution in [0.25, 0.3) is 0 Å². The summed E-state index contributed by atoms with van der Waals surface area (Å²) in [5.41, 5.74) is -5.94. The quantitative estimate of drug-likeness (QED) is 0.505.